The van der Waals surface area contributed by atoms with E-state index in [1.807, 2.05) is 0 Å². The van der Waals surface area contributed by atoms with E-state index >= 15 is 0 Å². The third kappa shape index (κ3) is 14.4. The van der Waals surface area contributed by atoms with Gasteiger partial charge in [0.25, 0.3) is 0 Å². The van der Waals surface area contributed by atoms with Crippen LogP contribution in [0, 0.1) is 0 Å². The molecule has 4 nitrogen and oxygen atoms in total. The van der Waals surface area contributed by atoms with E-state index in [4.69, 9.17) is 0 Å². The van der Waals surface area contributed by atoms with Crippen molar-refractivity contribution in [3.8, 4) is 11.5 Å². The van der Waals surface area contributed by atoms with Crippen LogP contribution in [-0.4, -0.2) is 36.4 Å². The summed E-state index contributed by atoms with van der Waals surface area (Å²) in [6, 6.07) is 8.91. The summed E-state index contributed by atoms with van der Waals surface area (Å²) < 4.78 is 0. The van der Waals surface area contributed by atoms with Crippen molar-refractivity contribution in [1.29, 1.82) is 0 Å². The van der Waals surface area contributed by atoms with Crippen molar-refractivity contribution in [3.63, 3.8) is 0 Å². The fourth-order valence-electron chi connectivity index (χ4n) is 6.61. The number of aromatic hydroxyl groups is 2. The van der Waals surface area contributed by atoms with Gasteiger partial charge in [-0.15, -0.1) is 0 Å². The highest BCUT2D eigenvalue weighted by Gasteiger charge is 2.27. The number of hydrogen-bond donors (Lipinski definition) is 4. The van der Waals surface area contributed by atoms with Gasteiger partial charge in [-0.05, 0) is 120 Å². The van der Waals surface area contributed by atoms with Gasteiger partial charge in [-0.2, -0.15) is 0 Å². The number of unbranched alkanes of at least 4 members (excludes halogenated alkanes) is 7. The van der Waals surface area contributed by atoms with E-state index < -0.39 is 0 Å². The summed E-state index contributed by atoms with van der Waals surface area (Å²) in [5, 5.41) is 29.2. The minimum atomic E-state index is -0.0684. The Bertz CT molecular complexity index is 1070. The first-order chi connectivity index (χ1) is 22.2. The van der Waals surface area contributed by atoms with Crippen LogP contribution in [0.3, 0.4) is 0 Å². The van der Waals surface area contributed by atoms with E-state index in [2.05, 4.69) is 118 Å². The smallest absolute Gasteiger partial charge is 0.123 e. The normalized spacial score (nSPS) is 13.0. The Morgan fingerprint density at radius 1 is 0.375 bits per heavy atom. The molecule has 4 heteroatoms. The second kappa shape index (κ2) is 18.8. The molecule has 274 valence electrons. The van der Waals surface area contributed by atoms with Crippen molar-refractivity contribution in [1.82, 2.24) is 10.6 Å². The average Bonchev–Trinajstić information content (AvgIpc) is 2.95. The Hall–Kier alpha value is -2.04. The zero-order valence-electron chi connectivity index (χ0n) is 33.5. The molecule has 2 rings (SSSR count). The summed E-state index contributed by atoms with van der Waals surface area (Å²) in [6.45, 7) is 30.6. The lowest BCUT2D eigenvalue weighted by molar-refractivity contribution is 0.421. The van der Waals surface area contributed by atoms with Gasteiger partial charge in [0.05, 0.1) is 0 Å². The molecule has 0 spiro atoms. The quantitative estimate of drug-likeness (QED) is 0.113. The van der Waals surface area contributed by atoms with Crippen LogP contribution in [0.1, 0.15) is 181 Å². The molecule has 0 aliphatic carbocycles. The number of phenolic OH excluding ortho intramolecular Hbond substituents is 2. The number of nitrogens with one attached hydrogen (secondary N) is 2. The maximum Gasteiger partial charge on any atom is 0.123 e. The van der Waals surface area contributed by atoms with Crippen molar-refractivity contribution in [3.05, 3.63) is 57.6 Å². The van der Waals surface area contributed by atoms with E-state index in [1.54, 1.807) is 0 Å². The van der Waals surface area contributed by atoms with Gasteiger partial charge in [-0.1, -0.05) is 146 Å². The SMILES string of the molecule is CC(C)(C)c1cc(CCCNCCCCCCCCCCNCCCc2cc(C(C)(C)C)c(O)c(C(C)(C)C)c2)cc(C(C)(C)C)c1O. The summed E-state index contributed by atoms with van der Waals surface area (Å²) in [5.74, 6) is 0.959. The Labute approximate surface area is 297 Å². The standard InChI is InChI=1S/C44H76N2O2/c1-41(2,3)35-29-33(30-36(39(35)47)42(4,5)6)23-21-27-45-25-19-17-15-13-14-16-18-20-26-46-28-22-24-34-31-37(43(7,8)9)40(48)38(32-34)44(10,11)12/h29-32,45-48H,13-28H2,1-12H3. The fraction of sp³-hybridized carbons (Fsp3) is 0.727. The maximum absolute atomic E-state index is 11.0. The van der Waals surface area contributed by atoms with Crippen LogP contribution in [0.2, 0.25) is 0 Å². The molecule has 0 saturated heterocycles. The van der Waals surface area contributed by atoms with Crippen LogP contribution in [-0.2, 0) is 34.5 Å². The molecule has 0 aliphatic rings. The number of rotatable bonds is 19. The second-order valence-corrected chi connectivity index (χ2v) is 18.6. The Balaban J connectivity index is 1.51. The zero-order valence-corrected chi connectivity index (χ0v) is 33.5. The molecule has 0 aromatic heterocycles. The van der Waals surface area contributed by atoms with Gasteiger partial charge >= 0.3 is 0 Å². The second-order valence-electron chi connectivity index (χ2n) is 18.6. The monoisotopic (exact) mass is 665 g/mol. The van der Waals surface area contributed by atoms with Crippen molar-refractivity contribution in [2.24, 2.45) is 0 Å². The zero-order chi connectivity index (χ0) is 36.2. The summed E-state index contributed by atoms with van der Waals surface area (Å²) in [6.07, 6.45) is 15.0. The van der Waals surface area contributed by atoms with E-state index in [1.165, 1.54) is 62.5 Å². The molecule has 0 radical (unpaired) electrons. The molecular formula is C44H76N2O2. The number of aryl methyl sites for hydroxylation is 2. The third-order valence-corrected chi connectivity index (χ3v) is 9.67. The van der Waals surface area contributed by atoms with E-state index in [-0.39, 0.29) is 21.7 Å². The van der Waals surface area contributed by atoms with Crippen molar-refractivity contribution in [2.45, 2.75) is 182 Å². The van der Waals surface area contributed by atoms with Crippen molar-refractivity contribution in [2.75, 3.05) is 26.2 Å². The highest BCUT2D eigenvalue weighted by Crippen LogP contribution is 2.41. The molecule has 0 bridgehead atoms. The molecular weight excluding hydrogens is 588 g/mol. The Morgan fingerprint density at radius 2 is 0.604 bits per heavy atom. The average molecular weight is 665 g/mol. The Kier molecular flexibility index (Phi) is 16.5. The van der Waals surface area contributed by atoms with E-state index in [0.29, 0.717) is 11.5 Å². The minimum absolute atomic E-state index is 0.0684. The predicted octanol–water partition coefficient (Wildman–Crippen LogP) is 11.2. The summed E-state index contributed by atoms with van der Waals surface area (Å²) in [7, 11) is 0. The predicted molar refractivity (Wildman–Crippen MR) is 210 cm³/mol. The first-order valence-corrected chi connectivity index (χ1v) is 19.4. The lowest BCUT2D eigenvalue weighted by Gasteiger charge is -2.28. The molecule has 0 unspecified atom stereocenters. The molecule has 0 amide bonds. The summed E-state index contributed by atoms with van der Waals surface area (Å²) in [4.78, 5) is 0. The summed E-state index contributed by atoms with van der Waals surface area (Å²) in [5.41, 5.74) is 6.68. The number of phenols is 2. The largest absolute Gasteiger partial charge is 0.507 e. The molecule has 0 saturated carbocycles. The van der Waals surface area contributed by atoms with Gasteiger partial charge in [0.1, 0.15) is 11.5 Å². The lowest BCUT2D eigenvalue weighted by atomic mass is 9.78. The lowest BCUT2D eigenvalue weighted by Crippen LogP contribution is -2.19. The highest BCUT2D eigenvalue weighted by atomic mass is 16.3. The third-order valence-electron chi connectivity index (χ3n) is 9.67. The molecule has 4 N–H and O–H groups in total. The van der Waals surface area contributed by atoms with Gasteiger partial charge in [-0.25, -0.2) is 0 Å². The van der Waals surface area contributed by atoms with Crippen LogP contribution in [0.25, 0.3) is 0 Å². The first-order valence-electron chi connectivity index (χ1n) is 19.4. The molecule has 0 fully saturated rings. The summed E-state index contributed by atoms with van der Waals surface area (Å²) >= 11 is 0. The van der Waals surface area contributed by atoms with Crippen LogP contribution in [0.4, 0.5) is 0 Å². The number of benzene rings is 2. The molecule has 0 heterocycles. The fourth-order valence-corrected chi connectivity index (χ4v) is 6.61. The van der Waals surface area contributed by atoms with E-state index in [9.17, 15) is 10.2 Å². The van der Waals surface area contributed by atoms with Gasteiger partial charge in [0.15, 0.2) is 0 Å². The van der Waals surface area contributed by atoms with Gasteiger partial charge < -0.3 is 20.8 Å². The van der Waals surface area contributed by atoms with Gasteiger partial charge in [0, 0.05) is 0 Å². The number of hydrogen-bond acceptors (Lipinski definition) is 4. The highest BCUT2D eigenvalue weighted by molar-refractivity contribution is 5.51. The van der Waals surface area contributed by atoms with E-state index in [0.717, 1.165) is 74.1 Å². The molecule has 2 aromatic rings. The van der Waals surface area contributed by atoms with Gasteiger partial charge in [0.2, 0.25) is 0 Å². The topological polar surface area (TPSA) is 64.5 Å². The molecule has 0 atom stereocenters. The molecule has 48 heavy (non-hydrogen) atoms. The van der Waals surface area contributed by atoms with Gasteiger partial charge in [-0.3, -0.25) is 0 Å². The molecule has 0 aliphatic heterocycles. The minimum Gasteiger partial charge on any atom is -0.507 e. The molecule has 2 aromatic carbocycles. The van der Waals surface area contributed by atoms with Crippen LogP contribution >= 0.6 is 0 Å². The van der Waals surface area contributed by atoms with Crippen molar-refractivity contribution < 1.29 is 10.2 Å². The van der Waals surface area contributed by atoms with Crippen LogP contribution < -0.4 is 10.6 Å². The Morgan fingerprint density at radius 3 is 0.854 bits per heavy atom. The van der Waals surface area contributed by atoms with Crippen LogP contribution in [0.15, 0.2) is 24.3 Å². The first kappa shape index (κ1) is 42.1. The van der Waals surface area contributed by atoms with Crippen LogP contribution in [0.5, 0.6) is 11.5 Å². The maximum atomic E-state index is 11.0. The van der Waals surface area contributed by atoms with Crippen molar-refractivity contribution >= 4 is 0 Å².